The van der Waals surface area contributed by atoms with Crippen molar-refractivity contribution < 1.29 is 0 Å². The minimum Gasteiger partial charge on any atom is -0.388 e. The molecule has 0 spiro atoms. The van der Waals surface area contributed by atoms with Crippen LogP contribution in [0.5, 0.6) is 0 Å². The first-order valence-corrected chi connectivity index (χ1v) is 11.1. The van der Waals surface area contributed by atoms with Gasteiger partial charge in [-0.3, -0.25) is 9.78 Å². The number of nitrogens with zero attached hydrogens (tertiary/aromatic N) is 3. The number of pyridine rings is 1. The van der Waals surface area contributed by atoms with E-state index in [9.17, 15) is 4.79 Å². The van der Waals surface area contributed by atoms with Crippen LogP contribution in [0.2, 0.25) is 0 Å². The number of rotatable bonds is 8. The van der Waals surface area contributed by atoms with Gasteiger partial charge in [0.05, 0.1) is 5.69 Å². The van der Waals surface area contributed by atoms with Crippen molar-refractivity contribution in [2.75, 3.05) is 23.8 Å². The van der Waals surface area contributed by atoms with Gasteiger partial charge in [-0.05, 0) is 18.1 Å². The Labute approximate surface area is 185 Å². The lowest BCUT2D eigenvalue weighted by Crippen LogP contribution is -2.24. The van der Waals surface area contributed by atoms with Crippen molar-refractivity contribution in [1.29, 1.82) is 0 Å². The topological polar surface area (TPSA) is 73.9 Å². The molecule has 0 saturated carbocycles. The molecule has 0 amide bonds. The Morgan fingerprint density at radius 1 is 1.03 bits per heavy atom. The maximum absolute atomic E-state index is 11.7. The molecule has 0 aliphatic carbocycles. The summed E-state index contributed by atoms with van der Waals surface area (Å²) in [6.07, 6.45) is 1.02. The molecule has 0 unspecified atom stereocenters. The van der Waals surface area contributed by atoms with Gasteiger partial charge < -0.3 is 10.2 Å². The lowest BCUT2D eigenvalue weighted by molar-refractivity contribution is 0.755. The van der Waals surface area contributed by atoms with Gasteiger partial charge in [-0.25, -0.2) is 4.98 Å². The monoisotopic (exact) mass is 431 g/mol. The van der Waals surface area contributed by atoms with Crippen molar-refractivity contribution in [3.63, 3.8) is 0 Å². The Morgan fingerprint density at radius 2 is 1.77 bits per heavy atom. The molecule has 31 heavy (non-hydrogen) atoms. The molecule has 2 aromatic carbocycles. The Bertz CT molecular complexity index is 1200. The summed E-state index contributed by atoms with van der Waals surface area (Å²) in [6, 6.07) is 22.4. The molecule has 158 valence electrons. The SMILES string of the molecule is CCCN(Cc1ccccc1)c1cc(NC)cc(-c2ccccc2-c2nsc(=O)[nH]2)n1. The molecule has 0 fully saturated rings. The maximum Gasteiger partial charge on any atom is 0.323 e. The van der Waals surface area contributed by atoms with Crippen LogP contribution in [0, 0.1) is 0 Å². The molecule has 0 aliphatic heterocycles. The summed E-state index contributed by atoms with van der Waals surface area (Å²) in [7, 11) is 1.91. The highest BCUT2D eigenvalue weighted by atomic mass is 32.1. The molecule has 2 heterocycles. The van der Waals surface area contributed by atoms with E-state index in [4.69, 9.17) is 4.98 Å². The average Bonchev–Trinajstić information content (AvgIpc) is 3.25. The van der Waals surface area contributed by atoms with Crippen molar-refractivity contribution in [2.45, 2.75) is 19.9 Å². The lowest BCUT2D eigenvalue weighted by atomic mass is 10.0. The molecule has 2 aromatic heterocycles. The van der Waals surface area contributed by atoms with Crippen molar-refractivity contribution >= 4 is 23.0 Å². The Balaban J connectivity index is 1.79. The first-order chi connectivity index (χ1) is 15.2. The number of hydrogen-bond donors (Lipinski definition) is 2. The number of anilines is 2. The van der Waals surface area contributed by atoms with Crippen molar-refractivity contribution in [3.8, 4) is 22.6 Å². The van der Waals surface area contributed by atoms with Crippen LogP contribution in [0.3, 0.4) is 0 Å². The van der Waals surface area contributed by atoms with Crippen LogP contribution in [-0.4, -0.2) is 27.9 Å². The zero-order valence-electron chi connectivity index (χ0n) is 17.6. The van der Waals surface area contributed by atoms with Crippen molar-refractivity contribution in [1.82, 2.24) is 14.3 Å². The minimum atomic E-state index is -0.167. The number of benzene rings is 2. The normalized spacial score (nSPS) is 10.8. The molecule has 2 N–H and O–H groups in total. The zero-order chi connectivity index (χ0) is 21.6. The second kappa shape index (κ2) is 9.57. The molecular formula is C24H25N5OS. The maximum atomic E-state index is 11.7. The molecule has 4 aromatic rings. The number of nitrogens with one attached hydrogen (secondary N) is 2. The molecule has 0 saturated heterocycles. The van der Waals surface area contributed by atoms with E-state index in [0.29, 0.717) is 5.82 Å². The van der Waals surface area contributed by atoms with E-state index in [2.05, 4.69) is 56.8 Å². The summed E-state index contributed by atoms with van der Waals surface area (Å²) < 4.78 is 4.28. The Morgan fingerprint density at radius 3 is 2.45 bits per heavy atom. The molecule has 7 heteroatoms. The predicted octanol–water partition coefficient (Wildman–Crippen LogP) is 5.02. The van der Waals surface area contributed by atoms with Gasteiger partial charge in [-0.2, -0.15) is 4.37 Å². The van der Waals surface area contributed by atoms with Gasteiger partial charge >= 0.3 is 4.87 Å². The van der Waals surface area contributed by atoms with E-state index >= 15 is 0 Å². The largest absolute Gasteiger partial charge is 0.388 e. The second-order valence-corrected chi connectivity index (χ2v) is 7.98. The van der Waals surface area contributed by atoms with Gasteiger partial charge in [0.1, 0.15) is 5.82 Å². The van der Waals surface area contributed by atoms with E-state index in [1.54, 1.807) is 0 Å². The standard InChI is InChI=1S/C24H25N5OS/c1-3-13-29(16-17-9-5-4-6-10-17)22-15-18(25-2)14-21(26-22)19-11-7-8-12-20(19)23-27-24(30)31-28-23/h4-12,14-15H,3,13,16H2,1-2H3,(H,25,26)(H,27,28,30). The Kier molecular flexibility index (Phi) is 6.43. The highest BCUT2D eigenvalue weighted by Gasteiger charge is 2.15. The molecule has 4 rings (SSSR count). The van der Waals surface area contributed by atoms with Gasteiger partial charge in [0, 0.05) is 54.6 Å². The molecule has 0 radical (unpaired) electrons. The lowest BCUT2D eigenvalue weighted by Gasteiger charge is -2.25. The summed E-state index contributed by atoms with van der Waals surface area (Å²) in [5.41, 5.74) is 4.85. The number of aromatic nitrogens is 3. The summed E-state index contributed by atoms with van der Waals surface area (Å²) in [5, 5.41) is 3.26. The molecule has 0 aliphatic rings. The van der Waals surface area contributed by atoms with E-state index in [1.807, 2.05) is 43.4 Å². The van der Waals surface area contributed by atoms with Gasteiger partial charge in [0.2, 0.25) is 0 Å². The van der Waals surface area contributed by atoms with E-state index < -0.39 is 0 Å². The van der Waals surface area contributed by atoms with E-state index in [0.717, 1.165) is 59.4 Å². The van der Waals surface area contributed by atoms with Crippen molar-refractivity contribution in [2.24, 2.45) is 0 Å². The third kappa shape index (κ3) is 4.83. The third-order valence-electron chi connectivity index (χ3n) is 5.03. The highest BCUT2D eigenvalue weighted by molar-refractivity contribution is 7.03. The van der Waals surface area contributed by atoms with Crippen LogP contribution in [0.25, 0.3) is 22.6 Å². The molecule has 6 nitrogen and oxygen atoms in total. The third-order valence-corrected chi connectivity index (χ3v) is 5.57. The van der Waals surface area contributed by atoms with Crippen LogP contribution >= 0.6 is 11.5 Å². The summed E-state index contributed by atoms with van der Waals surface area (Å²) in [6.45, 7) is 3.86. The van der Waals surface area contributed by atoms with Gasteiger partial charge in [-0.1, -0.05) is 61.5 Å². The van der Waals surface area contributed by atoms with Crippen LogP contribution in [-0.2, 0) is 6.54 Å². The van der Waals surface area contributed by atoms with Crippen LogP contribution in [0.4, 0.5) is 11.5 Å². The number of hydrogen-bond acceptors (Lipinski definition) is 6. The summed E-state index contributed by atoms with van der Waals surface area (Å²) >= 11 is 0.925. The van der Waals surface area contributed by atoms with E-state index in [-0.39, 0.29) is 4.87 Å². The van der Waals surface area contributed by atoms with Crippen LogP contribution in [0.1, 0.15) is 18.9 Å². The van der Waals surface area contributed by atoms with Gasteiger partial charge in [0.25, 0.3) is 0 Å². The van der Waals surface area contributed by atoms with E-state index in [1.165, 1.54) is 5.56 Å². The Hall–Kier alpha value is -3.45. The summed E-state index contributed by atoms with van der Waals surface area (Å²) in [5.74, 6) is 1.48. The van der Waals surface area contributed by atoms with Gasteiger partial charge in [-0.15, -0.1) is 0 Å². The molecule has 0 bridgehead atoms. The summed E-state index contributed by atoms with van der Waals surface area (Å²) in [4.78, 5) is 21.6. The second-order valence-electron chi connectivity index (χ2n) is 7.25. The fraction of sp³-hybridized carbons (Fsp3) is 0.208. The number of H-pyrrole nitrogens is 1. The first-order valence-electron chi connectivity index (χ1n) is 10.3. The highest BCUT2D eigenvalue weighted by Crippen LogP contribution is 2.32. The van der Waals surface area contributed by atoms with Crippen LogP contribution in [0.15, 0.2) is 71.5 Å². The minimum absolute atomic E-state index is 0.167. The fourth-order valence-electron chi connectivity index (χ4n) is 3.57. The first kappa shape index (κ1) is 20.8. The average molecular weight is 432 g/mol. The fourth-order valence-corrected chi connectivity index (χ4v) is 4.03. The predicted molar refractivity (Wildman–Crippen MR) is 129 cm³/mol. The zero-order valence-corrected chi connectivity index (χ0v) is 18.4. The molecular weight excluding hydrogens is 406 g/mol. The van der Waals surface area contributed by atoms with Crippen molar-refractivity contribution in [3.05, 3.63) is 82.0 Å². The molecule has 0 atom stereocenters. The quantitative estimate of drug-likeness (QED) is 0.410. The van der Waals surface area contributed by atoms with Gasteiger partial charge in [0.15, 0.2) is 5.82 Å². The smallest absolute Gasteiger partial charge is 0.323 e. The number of aromatic amines is 1. The van der Waals surface area contributed by atoms with Crippen LogP contribution < -0.4 is 15.1 Å².